The van der Waals surface area contributed by atoms with Gasteiger partial charge in [0.1, 0.15) is 5.76 Å². The summed E-state index contributed by atoms with van der Waals surface area (Å²) >= 11 is 0. The second kappa shape index (κ2) is 4.79. The Morgan fingerprint density at radius 3 is 2.64 bits per heavy atom. The minimum atomic E-state index is 0.0169. The van der Waals surface area contributed by atoms with Crippen molar-refractivity contribution in [3.8, 4) is 0 Å². The Balaban J connectivity index is 2.56. The van der Waals surface area contributed by atoms with Crippen LogP contribution in [0.25, 0.3) is 0 Å². The van der Waals surface area contributed by atoms with Crippen LogP contribution in [0.2, 0.25) is 0 Å². The zero-order valence-corrected chi connectivity index (χ0v) is 8.83. The number of amides is 1. The van der Waals surface area contributed by atoms with Crippen molar-refractivity contribution >= 4 is 11.7 Å². The van der Waals surface area contributed by atoms with Gasteiger partial charge < -0.3 is 9.84 Å². The van der Waals surface area contributed by atoms with E-state index in [0.29, 0.717) is 11.6 Å². The Labute approximate surface area is 83.7 Å². The van der Waals surface area contributed by atoms with Crippen molar-refractivity contribution in [1.29, 1.82) is 0 Å². The average molecular weight is 196 g/mol. The molecule has 0 fully saturated rings. The summed E-state index contributed by atoms with van der Waals surface area (Å²) in [5.74, 6) is 1.28. The SMILES string of the molecule is CCC(CC)C(=O)Nc1cc(C)on1. The first-order chi connectivity index (χ1) is 6.67. The van der Waals surface area contributed by atoms with E-state index in [2.05, 4.69) is 10.5 Å². The van der Waals surface area contributed by atoms with Crippen molar-refractivity contribution in [2.45, 2.75) is 33.6 Å². The standard InChI is InChI=1S/C10H16N2O2/c1-4-8(5-2)10(13)11-9-6-7(3)14-12-9/h6,8H,4-5H2,1-3H3,(H,11,12,13). The number of carbonyl (C=O) groups is 1. The highest BCUT2D eigenvalue weighted by molar-refractivity contribution is 5.91. The first-order valence-electron chi connectivity index (χ1n) is 4.91. The highest BCUT2D eigenvalue weighted by atomic mass is 16.5. The van der Waals surface area contributed by atoms with Crippen LogP contribution in [-0.4, -0.2) is 11.1 Å². The van der Waals surface area contributed by atoms with Crippen LogP contribution in [0.1, 0.15) is 32.4 Å². The monoisotopic (exact) mass is 196 g/mol. The zero-order chi connectivity index (χ0) is 10.6. The van der Waals surface area contributed by atoms with Crippen LogP contribution < -0.4 is 5.32 Å². The van der Waals surface area contributed by atoms with E-state index in [4.69, 9.17) is 4.52 Å². The van der Waals surface area contributed by atoms with E-state index in [-0.39, 0.29) is 11.8 Å². The van der Waals surface area contributed by atoms with Gasteiger partial charge in [-0.1, -0.05) is 19.0 Å². The molecule has 0 saturated heterocycles. The molecule has 1 amide bonds. The first-order valence-corrected chi connectivity index (χ1v) is 4.91. The van der Waals surface area contributed by atoms with Crippen molar-refractivity contribution in [3.63, 3.8) is 0 Å². The van der Waals surface area contributed by atoms with E-state index >= 15 is 0 Å². The quantitative estimate of drug-likeness (QED) is 0.804. The lowest BCUT2D eigenvalue weighted by Gasteiger charge is -2.10. The van der Waals surface area contributed by atoms with Crippen LogP contribution in [0.5, 0.6) is 0 Å². The molecular formula is C10H16N2O2. The molecule has 0 aliphatic rings. The molecule has 0 atom stereocenters. The number of aromatic nitrogens is 1. The van der Waals surface area contributed by atoms with Gasteiger partial charge in [-0.05, 0) is 19.8 Å². The average Bonchev–Trinajstić information content (AvgIpc) is 2.53. The number of hydrogen-bond donors (Lipinski definition) is 1. The zero-order valence-electron chi connectivity index (χ0n) is 8.83. The molecule has 0 radical (unpaired) electrons. The van der Waals surface area contributed by atoms with Gasteiger partial charge in [-0.3, -0.25) is 4.79 Å². The fourth-order valence-corrected chi connectivity index (χ4v) is 1.31. The largest absolute Gasteiger partial charge is 0.360 e. The summed E-state index contributed by atoms with van der Waals surface area (Å²) in [6, 6.07) is 1.71. The second-order valence-electron chi connectivity index (χ2n) is 3.33. The summed E-state index contributed by atoms with van der Waals surface area (Å²) in [4.78, 5) is 11.6. The first kappa shape index (κ1) is 10.8. The van der Waals surface area contributed by atoms with Gasteiger partial charge in [0.05, 0.1) is 0 Å². The Hall–Kier alpha value is -1.32. The Morgan fingerprint density at radius 2 is 2.21 bits per heavy atom. The fraction of sp³-hybridized carbons (Fsp3) is 0.600. The summed E-state index contributed by atoms with van der Waals surface area (Å²) in [7, 11) is 0. The smallest absolute Gasteiger partial charge is 0.228 e. The number of rotatable bonds is 4. The molecule has 0 bridgehead atoms. The van der Waals surface area contributed by atoms with E-state index in [1.54, 1.807) is 13.0 Å². The summed E-state index contributed by atoms with van der Waals surface area (Å²) in [6.07, 6.45) is 1.69. The van der Waals surface area contributed by atoms with E-state index in [1.165, 1.54) is 0 Å². The lowest BCUT2D eigenvalue weighted by atomic mass is 10.0. The van der Waals surface area contributed by atoms with E-state index < -0.39 is 0 Å². The van der Waals surface area contributed by atoms with Gasteiger partial charge in [0.25, 0.3) is 0 Å². The van der Waals surface area contributed by atoms with Gasteiger partial charge in [-0.15, -0.1) is 0 Å². The Bertz CT molecular complexity index is 303. The number of anilines is 1. The molecule has 1 aromatic rings. The van der Waals surface area contributed by atoms with Gasteiger partial charge in [0.2, 0.25) is 5.91 Å². The topological polar surface area (TPSA) is 55.1 Å². The van der Waals surface area contributed by atoms with Gasteiger partial charge in [-0.2, -0.15) is 0 Å². The molecule has 78 valence electrons. The molecule has 0 spiro atoms. The van der Waals surface area contributed by atoms with Crippen LogP contribution in [-0.2, 0) is 4.79 Å². The molecular weight excluding hydrogens is 180 g/mol. The molecule has 0 aliphatic heterocycles. The number of nitrogens with zero attached hydrogens (tertiary/aromatic N) is 1. The fourth-order valence-electron chi connectivity index (χ4n) is 1.31. The summed E-state index contributed by atoms with van der Waals surface area (Å²) in [6.45, 7) is 5.80. The Morgan fingerprint density at radius 1 is 1.57 bits per heavy atom. The lowest BCUT2D eigenvalue weighted by Crippen LogP contribution is -2.21. The number of aryl methyl sites for hydroxylation is 1. The van der Waals surface area contributed by atoms with Crippen LogP contribution in [0.15, 0.2) is 10.6 Å². The van der Waals surface area contributed by atoms with Crippen LogP contribution in [0.3, 0.4) is 0 Å². The highest BCUT2D eigenvalue weighted by Gasteiger charge is 2.15. The maximum absolute atomic E-state index is 11.6. The summed E-state index contributed by atoms with van der Waals surface area (Å²) in [5, 5.41) is 6.42. The number of carbonyl (C=O) groups excluding carboxylic acids is 1. The molecule has 0 unspecified atom stereocenters. The summed E-state index contributed by atoms with van der Waals surface area (Å²) < 4.78 is 4.85. The van der Waals surface area contributed by atoms with E-state index in [0.717, 1.165) is 12.8 Å². The molecule has 14 heavy (non-hydrogen) atoms. The third-order valence-electron chi connectivity index (χ3n) is 2.24. The molecule has 0 saturated carbocycles. The van der Waals surface area contributed by atoms with E-state index in [9.17, 15) is 4.79 Å². The molecule has 0 aromatic carbocycles. The van der Waals surface area contributed by atoms with Gasteiger partial charge >= 0.3 is 0 Å². The van der Waals surface area contributed by atoms with Crippen LogP contribution >= 0.6 is 0 Å². The molecule has 1 rings (SSSR count). The molecule has 4 nitrogen and oxygen atoms in total. The van der Waals surface area contributed by atoms with Gasteiger partial charge in [0.15, 0.2) is 5.82 Å². The highest BCUT2D eigenvalue weighted by Crippen LogP contribution is 2.12. The van der Waals surface area contributed by atoms with Crippen LogP contribution in [0.4, 0.5) is 5.82 Å². The van der Waals surface area contributed by atoms with Gasteiger partial charge in [-0.25, -0.2) is 0 Å². The Kier molecular flexibility index (Phi) is 3.68. The molecule has 1 heterocycles. The predicted molar refractivity (Wildman–Crippen MR) is 53.9 cm³/mol. The van der Waals surface area contributed by atoms with Crippen molar-refractivity contribution in [2.75, 3.05) is 5.32 Å². The molecule has 1 aromatic heterocycles. The minimum absolute atomic E-state index is 0.0169. The van der Waals surface area contributed by atoms with Crippen molar-refractivity contribution in [3.05, 3.63) is 11.8 Å². The number of nitrogens with one attached hydrogen (secondary N) is 1. The van der Waals surface area contributed by atoms with Crippen molar-refractivity contribution in [1.82, 2.24) is 5.16 Å². The third-order valence-corrected chi connectivity index (χ3v) is 2.24. The van der Waals surface area contributed by atoms with Crippen molar-refractivity contribution < 1.29 is 9.32 Å². The maximum atomic E-state index is 11.6. The summed E-state index contributed by atoms with van der Waals surface area (Å²) in [5.41, 5.74) is 0. The van der Waals surface area contributed by atoms with Crippen molar-refractivity contribution in [2.24, 2.45) is 5.92 Å². The number of hydrogen-bond acceptors (Lipinski definition) is 3. The molecule has 0 aliphatic carbocycles. The third kappa shape index (κ3) is 2.58. The maximum Gasteiger partial charge on any atom is 0.228 e. The normalized spacial score (nSPS) is 10.6. The lowest BCUT2D eigenvalue weighted by molar-refractivity contribution is -0.120. The molecule has 4 heteroatoms. The van der Waals surface area contributed by atoms with E-state index in [1.807, 2.05) is 13.8 Å². The van der Waals surface area contributed by atoms with Gasteiger partial charge in [0, 0.05) is 12.0 Å². The predicted octanol–water partition coefficient (Wildman–Crippen LogP) is 2.36. The second-order valence-corrected chi connectivity index (χ2v) is 3.33. The minimum Gasteiger partial charge on any atom is -0.360 e. The van der Waals surface area contributed by atoms with Crippen LogP contribution in [0, 0.1) is 12.8 Å². The molecule has 1 N–H and O–H groups in total.